The molecule has 0 amide bonds. The zero-order chi connectivity index (χ0) is 14.4. The fourth-order valence-corrected chi connectivity index (χ4v) is 4.64. The van der Waals surface area contributed by atoms with Crippen molar-refractivity contribution < 1.29 is 5.11 Å². The van der Waals surface area contributed by atoms with Gasteiger partial charge in [-0.25, -0.2) is 0 Å². The van der Waals surface area contributed by atoms with Crippen molar-refractivity contribution in [1.29, 1.82) is 0 Å². The van der Waals surface area contributed by atoms with Crippen molar-refractivity contribution in [1.82, 2.24) is 0 Å². The van der Waals surface area contributed by atoms with Gasteiger partial charge >= 0.3 is 0 Å². The minimum Gasteiger partial charge on any atom is -0.385 e. The van der Waals surface area contributed by atoms with Crippen LogP contribution < -0.4 is 0 Å². The molecule has 2 aromatic rings. The van der Waals surface area contributed by atoms with E-state index in [4.69, 9.17) is 11.6 Å². The van der Waals surface area contributed by atoms with E-state index in [0.29, 0.717) is 11.8 Å². The Kier molecular flexibility index (Phi) is 3.09. The van der Waals surface area contributed by atoms with Crippen LogP contribution in [-0.2, 0) is 5.60 Å². The first kappa shape index (κ1) is 13.4. The van der Waals surface area contributed by atoms with Crippen molar-refractivity contribution in [3.05, 3.63) is 59.1 Å². The SMILES string of the molecule is OC1(c2ccccc2-c2ccccc2Cl)CC2CCC1C2. The molecule has 2 aliphatic carbocycles. The molecule has 108 valence electrons. The van der Waals surface area contributed by atoms with Gasteiger partial charge < -0.3 is 5.11 Å². The Balaban J connectivity index is 1.86. The van der Waals surface area contributed by atoms with Gasteiger partial charge in [-0.2, -0.15) is 0 Å². The van der Waals surface area contributed by atoms with Gasteiger partial charge in [0.2, 0.25) is 0 Å². The fourth-order valence-electron chi connectivity index (χ4n) is 4.41. The maximum atomic E-state index is 11.3. The zero-order valence-electron chi connectivity index (χ0n) is 11.9. The molecule has 2 aliphatic rings. The zero-order valence-corrected chi connectivity index (χ0v) is 12.7. The summed E-state index contributed by atoms with van der Waals surface area (Å²) in [6.45, 7) is 0. The van der Waals surface area contributed by atoms with Crippen LogP contribution >= 0.6 is 11.6 Å². The number of rotatable bonds is 2. The average molecular weight is 299 g/mol. The van der Waals surface area contributed by atoms with Crippen LogP contribution in [0.4, 0.5) is 0 Å². The number of hydrogen-bond acceptors (Lipinski definition) is 1. The second-order valence-electron chi connectivity index (χ2n) is 6.53. The summed E-state index contributed by atoms with van der Waals surface area (Å²) in [7, 11) is 0. The lowest BCUT2D eigenvalue weighted by Gasteiger charge is -2.34. The van der Waals surface area contributed by atoms with Crippen LogP contribution in [0.25, 0.3) is 11.1 Å². The molecule has 2 heteroatoms. The molecule has 2 saturated carbocycles. The topological polar surface area (TPSA) is 20.2 Å². The minimum atomic E-state index is -0.668. The van der Waals surface area contributed by atoms with E-state index >= 15 is 0 Å². The van der Waals surface area contributed by atoms with Crippen molar-refractivity contribution in [3.63, 3.8) is 0 Å². The van der Waals surface area contributed by atoms with Crippen molar-refractivity contribution in [2.45, 2.75) is 31.3 Å². The number of halogens is 1. The highest BCUT2D eigenvalue weighted by Gasteiger charge is 2.51. The Morgan fingerprint density at radius 2 is 1.67 bits per heavy atom. The predicted molar refractivity (Wildman–Crippen MR) is 86.2 cm³/mol. The van der Waals surface area contributed by atoms with Gasteiger partial charge in [-0.1, -0.05) is 54.1 Å². The number of aliphatic hydroxyl groups is 1. The van der Waals surface area contributed by atoms with Gasteiger partial charge in [0, 0.05) is 10.6 Å². The standard InChI is InChI=1S/C19H19ClO/c20-18-8-4-2-6-16(18)15-5-1-3-7-17(15)19(21)12-13-9-10-14(19)11-13/h1-8,13-14,21H,9-12H2. The molecule has 2 bridgehead atoms. The molecule has 0 saturated heterocycles. The molecule has 4 rings (SSSR count). The Morgan fingerprint density at radius 1 is 0.952 bits per heavy atom. The van der Waals surface area contributed by atoms with Gasteiger partial charge in [0.1, 0.15) is 0 Å². The summed E-state index contributed by atoms with van der Waals surface area (Å²) in [6.07, 6.45) is 4.51. The molecule has 1 N–H and O–H groups in total. The molecule has 3 atom stereocenters. The first-order valence-corrected chi connectivity index (χ1v) is 8.13. The van der Waals surface area contributed by atoms with Crippen LogP contribution in [0.2, 0.25) is 5.02 Å². The molecule has 3 unspecified atom stereocenters. The van der Waals surface area contributed by atoms with Gasteiger partial charge in [0.25, 0.3) is 0 Å². The van der Waals surface area contributed by atoms with Gasteiger partial charge in [0.15, 0.2) is 0 Å². The largest absolute Gasteiger partial charge is 0.385 e. The first-order chi connectivity index (χ1) is 10.2. The number of fused-ring (bicyclic) bond motifs is 2. The van der Waals surface area contributed by atoms with E-state index in [1.807, 2.05) is 36.4 Å². The normalized spacial score (nSPS) is 30.8. The third-order valence-corrected chi connectivity index (χ3v) is 5.70. The summed E-state index contributed by atoms with van der Waals surface area (Å²) in [5.74, 6) is 1.10. The Morgan fingerprint density at radius 3 is 2.33 bits per heavy atom. The van der Waals surface area contributed by atoms with E-state index in [1.54, 1.807) is 0 Å². The molecule has 0 spiro atoms. The van der Waals surface area contributed by atoms with E-state index in [9.17, 15) is 5.11 Å². The lowest BCUT2D eigenvalue weighted by atomic mass is 9.76. The molecular weight excluding hydrogens is 280 g/mol. The van der Waals surface area contributed by atoms with Gasteiger partial charge in [-0.05, 0) is 54.7 Å². The molecular formula is C19H19ClO. The van der Waals surface area contributed by atoms with Crippen molar-refractivity contribution in [3.8, 4) is 11.1 Å². The van der Waals surface area contributed by atoms with Gasteiger partial charge in [0.05, 0.1) is 5.60 Å². The van der Waals surface area contributed by atoms with E-state index in [-0.39, 0.29) is 0 Å². The third kappa shape index (κ3) is 2.03. The fraction of sp³-hybridized carbons (Fsp3) is 0.368. The minimum absolute atomic E-state index is 0.408. The highest BCUT2D eigenvalue weighted by Crippen LogP contribution is 2.57. The Hall–Kier alpha value is -1.31. The summed E-state index contributed by atoms with van der Waals surface area (Å²) in [6, 6.07) is 16.1. The smallest absolute Gasteiger partial charge is 0.0933 e. The van der Waals surface area contributed by atoms with Crippen LogP contribution in [0, 0.1) is 11.8 Å². The van der Waals surface area contributed by atoms with E-state index in [0.717, 1.165) is 34.6 Å². The molecule has 2 fully saturated rings. The lowest BCUT2D eigenvalue weighted by Crippen LogP contribution is -2.32. The summed E-state index contributed by atoms with van der Waals surface area (Å²) in [4.78, 5) is 0. The molecule has 21 heavy (non-hydrogen) atoms. The van der Waals surface area contributed by atoms with Gasteiger partial charge in [-0.15, -0.1) is 0 Å². The van der Waals surface area contributed by atoms with Crippen LogP contribution in [0.5, 0.6) is 0 Å². The molecule has 0 aliphatic heterocycles. The molecule has 0 aromatic heterocycles. The summed E-state index contributed by atoms with van der Waals surface area (Å²) in [5, 5.41) is 12.1. The van der Waals surface area contributed by atoms with Crippen LogP contribution in [0.3, 0.4) is 0 Å². The second kappa shape index (κ2) is 4.86. The van der Waals surface area contributed by atoms with Crippen LogP contribution in [-0.4, -0.2) is 5.11 Å². The van der Waals surface area contributed by atoms with E-state index < -0.39 is 5.60 Å². The number of benzene rings is 2. The molecule has 0 heterocycles. The van der Waals surface area contributed by atoms with Crippen molar-refractivity contribution >= 4 is 11.6 Å². The van der Waals surface area contributed by atoms with Crippen LogP contribution in [0.15, 0.2) is 48.5 Å². The summed E-state index contributed by atoms with van der Waals surface area (Å²) >= 11 is 6.38. The second-order valence-corrected chi connectivity index (χ2v) is 6.94. The lowest BCUT2D eigenvalue weighted by molar-refractivity contribution is -0.0177. The summed E-state index contributed by atoms with van der Waals surface area (Å²) < 4.78 is 0. The van der Waals surface area contributed by atoms with E-state index in [1.165, 1.54) is 12.8 Å². The van der Waals surface area contributed by atoms with Crippen molar-refractivity contribution in [2.24, 2.45) is 11.8 Å². The Bertz CT molecular complexity index is 681. The highest BCUT2D eigenvalue weighted by molar-refractivity contribution is 6.33. The predicted octanol–water partition coefficient (Wildman–Crippen LogP) is 5.01. The maximum Gasteiger partial charge on any atom is 0.0933 e. The highest BCUT2D eigenvalue weighted by atomic mass is 35.5. The van der Waals surface area contributed by atoms with Crippen molar-refractivity contribution in [2.75, 3.05) is 0 Å². The number of hydrogen-bond donors (Lipinski definition) is 1. The molecule has 2 aromatic carbocycles. The summed E-state index contributed by atoms with van der Waals surface area (Å²) in [5.41, 5.74) is 2.49. The third-order valence-electron chi connectivity index (χ3n) is 5.37. The van der Waals surface area contributed by atoms with E-state index in [2.05, 4.69) is 12.1 Å². The van der Waals surface area contributed by atoms with Crippen LogP contribution in [0.1, 0.15) is 31.2 Å². The molecule has 0 radical (unpaired) electrons. The maximum absolute atomic E-state index is 11.3. The van der Waals surface area contributed by atoms with Gasteiger partial charge in [-0.3, -0.25) is 0 Å². The monoisotopic (exact) mass is 298 g/mol. The Labute approximate surface area is 130 Å². The quantitative estimate of drug-likeness (QED) is 0.826. The first-order valence-electron chi connectivity index (χ1n) is 7.75. The average Bonchev–Trinajstić information content (AvgIpc) is 3.09. The molecule has 1 nitrogen and oxygen atoms in total.